The van der Waals surface area contributed by atoms with E-state index in [0.29, 0.717) is 18.8 Å². The summed E-state index contributed by atoms with van der Waals surface area (Å²) in [4.78, 5) is 11.7. The number of unbranched alkanes of at least 4 members (excludes halogenated alkanes) is 1. The second-order valence-corrected chi connectivity index (χ2v) is 3.68. The number of carbonyl (C=O) groups is 1. The number of hydrogen-bond acceptors (Lipinski definition) is 3. The summed E-state index contributed by atoms with van der Waals surface area (Å²) >= 11 is 0. The van der Waals surface area contributed by atoms with E-state index >= 15 is 0 Å². The van der Waals surface area contributed by atoms with Crippen LogP contribution in [0, 0.1) is 0 Å². The Labute approximate surface area is 96.6 Å². The largest absolute Gasteiger partial charge is 0.461 e. The van der Waals surface area contributed by atoms with Gasteiger partial charge in [-0.15, -0.1) is 0 Å². The Hall–Kier alpha value is -1.32. The average Bonchev–Trinajstić information content (AvgIpc) is 2.72. The van der Waals surface area contributed by atoms with Crippen LogP contribution in [0.25, 0.3) is 0 Å². The highest BCUT2D eigenvalue weighted by Gasteiger charge is 2.14. The molecule has 0 bridgehead atoms. The minimum atomic E-state index is -0.262. The van der Waals surface area contributed by atoms with E-state index in [-0.39, 0.29) is 5.97 Å². The summed E-state index contributed by atoms with van der Waals surface area (Å²) < 4.78 is 6.87. The van der Waals surface area contributed by atoms with E-state index in [1.54, 1.807) is 4.68 Å². The van der Waals surface area contributed by atoms with Gasteiger partial charge in [0.05, 0.1) is 12.3 Å². The van der Waals surface area contributed by atoms with Crippen LogP contribution in [0.4, 0.5) is 0 Å². The standard InChI is InChI=1S/C12H20N2O2/c1-4-7-8-16-12(15)11-9-10(5-2)13-14(11)6-3/h9H,4-8H2,1-3H3. The molecule has 0 saturated carbocycles. The van der Waals surface area contributed by atoms with E-state index in [0.717, 1.165) is 25.0 Å². The van der Waals surface area contributed by atoms with Gasteiger partial charge >= 0.3 is 5.97 Å². The van der Waals surface area contributed by atoms with Crippen molar-refractivity contribution in [3.63, 3.8) is 0 Å². The smallest absolute Gasteiger partial charge is 0.356 e. The van der Waals surface area contributed by atoms with Crippen molar-refractivity contribution in [1.82, 2.24) is 9.78 Å². The van der Waals surface area contributed by atoms with Gasteiger partial charge in [-0.05, 0) is 25.8 Å². The summed E-state index contributed by atoms with van der Waals surface area (Å²) in [5.74, 6) is -0.262. The molecule has 0 amide bonds. The lowest BCUT2D eigenvalue weighted by Crippen LogP contribution is -2.13. The van der Waals surface area contributed by atoms with Gasteiger partial charge in [0.15, 0.2) is 0 Å². The van der Waals surface area contributed by atoms with Gasteiger partial charge in [0, 0.05) is 6.54 Å². The summed E-state index contributed by atoms with van der Waals surface area (Å²) in [5.41, 5.74) is 1.50. The van der Waals surface area contributed by atoms with Gasteiger partial charge in [-0.1, -0.05) is 20.3 Å². The number of aromatic nitrogens is 2. The van der Waals surface area contributed by atoms with Crippen LogP contribution in [-0.2, 0) is 17.7 Å². The molecular weight excluding hydrogens is 204 g/mol. The number of ether oxygens (including phenoxy) is 1. The molecule has 0 spiro atoms. The Morgan fingerprint density at radius 1 is 1.44 bits per heavy atom. The number of hydrogen-bond donors (Lipinski definition) is 0. The summed E-state index contributed by atoms with van der Waals surface area (Å²) in [5, 5.41) is 4.31. The van der Waals surface area contributed by atoms with Crippen LogP contribution in [0.3, 0.4) is 0 Å². The van der Waals surface area contributed by atoms with Crippen LogP contribution in [0.2, 0.25) is 0 Å². The molecule has 16 heavy (non-hydrogen) atoms. The van der Waals surface area contributed by atoms with Crippen molar-refractivity contribution in [2.24, 2.45) is 0 Å². The third kappa shape index (κ3) is 3.08. The van der Waals surface area contributed by atoms with E-state index < -0.39 is 0 Å². The van der Waals surface area contributed by atoms with Gasteiger partial charge < -0.3 is 4.74 Å². The summed E-state index contributed by atoms with van der Waals surface area (Å²) in [6.45, 7) is 7.24. The molecule has 1 aromatic heterocycles. The highest BCUT2D eigenvalue weighted by molar-refractivity contribution is 5.87. The van der Waals surface area contributed by atoms with E-state index in [9.17, 15) is 4.79 Å². The zero-order valence-corrected chi connectivity index (χ0v) is 10.3. The molecule has 90 valence electrons. The van der Waals surface area contributed by atoms with Gasteiger partial charge in [0.2, 0.25) is 0 Å². The molecule has 0 atom stereocenters. The monoisotopic (exact) mass is 224 g/mol. The van der Waals surface area contributed by atoms with Crippen LogP contribution < -0.4 is 0 Å². The van der Waals surface area contributed by atoms with Crippen LogP contribution >= 0.6 is 0 Å². The van der Waals surface area contributed by atoms with Crippen LogP contribution in [0.1, 0.15) is 49.8 Å². The van der Waals surface area contributed by atoms with Crippen LogP contribution in [0.5, 0.6) is 0 Å². The van der Waals surface area contributed by atoms with E-state index in [4.69, 9.17) is 4.74 Å². The SMILES string of the molecule is CCCCOC(=O)c1cc(CC)nn1CC. The third-order valence-corrected chi connectivity index (χ3v) is 2.43. The van der Waals surface area contributed by atoms with Crippen LogP contribution in [0.15, 0.2) is 6.07 Å². The maximum Gasteiger partial charge on any atom is 0.356 e. The van der Waals surface area contributed by atoms with Crippen LogP contribution in [-0.4, -0.2) is 22.4 Å². The zero-order chi connectivity index (χ0) is 12.0. The van der Waals surface area contributed by atoms with E-state index in [1.807, 2.05) is 19.9 Å². The van der Waals surface area contributed by atoms with Gasteiger partial charge in [-0.2, -0.15) is 5.10 Å². The first-order chi connectivity index (χ1) is 7.72. The second-order valence-electron chi connectivity index (χ2n) is 3.68. The second kappa shape index (κ2) is 6.30. The molecule has 0 aromatic carbocycles. The highest BCUT2D eigenvalue weighted by Crippen LogP contribution is 2.07. The number of aryl methyl sites for hydroxylation is 2. The topological polar surface area (TPSA) is 44.1 Å². The fraction of sp³-hybridized carbons (Fsp3) is 0.667. The number of nitrogens with zero attached hydrogens (tertiary/aromatic N) is 2. The molecule has 0 radical (unpaired) electrons. The quantitative estimate of drug-likeness (QED) is 0.550. The first-order valence-corrected chi connectivity index (χ1v) is 5.96. The molecule has 0 unspecified atom stereocenters. The maximum absolute atomic E-state index is 11.7. The number of esters is 1. The van der Waals surface area contributed by atoms with Crippen molar-refractivity contribution in [2.45, 2.75) is 46.6 Å². The van der Waals surface area contributed by atoms with Gasteiger partial charge in [-0.3, -0.25) is 4.68 Å². The minimum Gasteiger partial charge on any atom is -0.461 e. The first-order valence-electron chi connectivity index (χ1n) is 5.96. The molecular formula is C12H20N2O2. The Balaban J connectivity index is 2.69. The summed E-state index contributed by atoms with van der Waals surface area (Å²) in [6, 6.07) is 1.82. The predicted molar refractivity (Wildman–Crippen MR) is 62.5 cm³/mol. The Bertz CT molecular complexity index is 345. The summed E-state index contributed by atoms with van der Waals surface area (Å²) in [7, 11) is 0. The molecule has 0 aliphatic heterocycles. The molecule has 0 aliphatic rings. The van der Waals surface area contributed by atoms with Crippen molar-refractivity contribution < 1.29 is 9.53 Å². The van der Waals surface area contributed by atoms with Crippen molar-refractivity contribution in [2.75, 3.05) is 6.61 Å². The Kier molecular flexibility index (Phi) is 5.02. The lowest BCUT2D eigenvalue weighted by molar-refractivity contribution is 0.0485. The van der Waals surface area contributed by atoms with Crippen molar-refractivity contribution in [1.29, 1.82) is 0 Å². The number of carbonyl (C=O) groups excluding carboxylic acids is 1. The lowest BCUT2D eigenvalue weighted by Gasteiger charge is -2.04. The predicted octanol–water partition coefficient (Wildman–Crippen LogP) is 2.42. The Morgan fingerprint density at radius 2 is 2.19 bits per heavy atom. The molecule has 4 heteroatoms. The van der Waals surface area contributed by atoms with Gasteiger partial charge in [-0.25, -0.2) is 4.79 Å². The fourth-order valence-corrected chi connectivity index (χ4v) is 1.43. The fourth-order valence-electron chi connectivity index (χ4n) is 1.43. The minimum absolute atomic E-state index is 0.262. The number of rotatable bonds is 6. The average molecular weight is 224 g/mol. The van der Waals surface area contributed by atoms with E-state index in [1.165, 1.54) is 0 Å². The van der Waals surface area contributed by atoms with Gasteiger partial charge in [0.1, 0.15) is 5.69 Å². The molecule has 1 heterocycles. The molecule has 1 aromatic rings. The van der Waals surface area contributed by atoms with Crippen molar-refractivity contribution in [3.8, 4) is 0 Å². The van der Waals surface area contributed by atoms with Crippen molar-refractivity contribution >= 4 is 5.97 Å². The highest BCUT2D eigenvalue weighted by atomic mass is 16.5. The van der Waals surface area contributed by atoms with Gasteiger partial charge in [0.25, 0.3) is 0 Å². The normalized spacial score (nSPS) is 10.4. The molecule has 4 nitrogen and oxygen atoms in total. The molecule has 1 rings (SSSR count). The lowest BCUT2D eigenvalue weighted by atomic mass is 10.3. The maximum atomic E-state index is 11.7. The molecule has 0 fully saturated rings. The first kappa shape index (κ1) is 12.7. The van der Waals surface area contributed by atoms with E-state index in [2.05, 4.69) is 12.0 Å². The Morgan fingerprint density at radius 3 is 2.75 bits per heavy atom. The summed E-state index contributed by atoms with van der Waals surface area (Å²) in [6.07, 6.45) is 2.77. The molecule has 0 saturated heterocycles. The van der Waals surface area contributed by atoms with Crippen molar-refractivity contribution in [3.05, 3.63) is 17.5 Å². The third-order valence-electron chi connectivity index (χ3n) is 2.43. The molecule has 0 N–H and O–H groups in total. The zero-order valence-electron chi connectivity index (χ0n) is 10.3. The molecule has 0 aliphatic carbocycles.